The molecular weight excluding hydrogens is 192 g/mol. The van der Waals surface area contributed by atoms with E-state index in [1.165, 1.54) is 10.4 Å². The Balaban J connectivity index is 2.23. The van der Waals surface area contributed by atoms with Crippen LogP contribution in [-0.4, -0.2) is 9.55 Å². The predicted molar refractivity (Wildman–Crippen MR) is 61.2 cm³/mol. The van der Waals surface area contributed by atoms with E-state index in [9.17, 15) is 0 Å². The molecular formula is C11H12N2S. The van der Waals surface area contributed by atoms with Gasteiger partial charge in [-0.3, -0.25) is 0 Å². The van der Waals surface area contributed by atoms with Crippen LogP contribution in [0.15, 0.2) is 23.8 Å². The first-order chi connectivity index (χ1) is 6.77. The maximum absolute atomic E-state index is 4.23. The summed E-state index contributed by atoms with van der Waals surface area (Å²) in [5, 5.41) is 2.10. The van der Waals surface area contributed by atoms with Crippen LogP contribution in [0.2, 0.25) is 0 Å². The summed E-state index contributed by atoms with van der Waals surface area (Å²) in [4.78, 5) is 5.52. The van der Waals surface area contributed by atoms with Crippen molar-refractivity contribution in [3.63, 3.8) is 0 Å². The lowest BCUT2D eigenvalue weighted by molar-refractivity contribution is 0.898. The Bertz CT molecular complexity index is 409. The number of aryl methyl sites for hydroxylation is 2. The summed E-state index contributed by atoms with van der Waals surface area (Å²) in [6.45, 7) is 2.12. The lowest BCUT2D eigenvalue weighted by Crippen LogP contribution is -1.88. The molecule has 72 valence electrons. The van der Waals surface area contributed by atoms with Gasteiger partial charge in [0.2, 0.25) is 0 Å². The number of hydrogen-bond donors (Lipinski definition) is 0. The molecule has 0 aliphatic carbocycles. The molecule has 0 N–H and O–H groups in total. The Morgan fingerprint density at radius 1 is 1.43 bits per heavy atom. The predicted octanol–water partition coefficient (Wildman–Crippen LogP) is 2.96. The smallest absolute Gasteiger partial charge is 0.132 e. The monoisotopic (exact) mass is 204 g/mol. The largest absolute Gasteiger partial charge is 0.335 e. The van der Waals surface area contributed by atoms with Crippen molar-refractivity contribution in [2.45, 2.75) is 6.92 Å². The standard InChI is InChI=1S/C11H12N2S/c1-9-5-8-14-10(9)3-4-11-12-6-7-13(11)2/h3-8H,1-2H3. The minimum atomic E-state index is 0.984. The molecule has 0 radical (unpaired) electrons. The van der Waals surface area contributed by atoms with Gasteiger partial charge >= 0.3 is 0 Å². The van der Waals surface area contributed by atoms with E-state index in [0.29, 0.717) is 0 Å². The van der Waals surface area contributed by atoms with Crippen molar-refractivity contribution >= 4 is 23.5 Å². The third-order valence-corrected chi connectivity index (χ3v) is 3.13. The summed E-state index contributed by atoms with van der Waals surface area (Å²) < 4.78 is 2.00. The highest BCUT2D eigenvalue weighted by Gasteiger charge is 1.96. The molecule has 2 aromatic heterocycles. The van der Waals surface area contributed by atoms with Crippen LogP contribution < -0.4 is 0 Å². The van der Waals surface area contributed by atoms with Crippen molar-refractivity contribution < 1.29 is 0 Å². The maximum Gasteiger partial charge on any atom is 0.132 e. The summed E-state index contributed by atoms with van der Waals surface area (Å²) >= 11 is 1.75. The SMILES string of the molecule is Cc1ccsc1C=Cc1nccn1C. The van der Waals surface area contributed by atoms with Crippen molar-refractivity contribution in [2.75, 3.05) is 0 Å². The van der Waals surface area contributed by atoms with Gasteiger partial charge in [0.05, 0.1) is 0 Å². The van der Waals surface area contributed by atoms with E-state index in [-0.39, 0.29) is 0 Å². The second-order valence-corrected chi connectivity index (χ2v) is 4.15. The summed E-state index contributed by atoms with van der Waals surface area (Å²) in [5.74, 6) is 0.984. The summed E-state index contributed by atoms with van der Waals surface area (Å²) in [5.41, 5.74) is 1.32. The van der Waals surface area contributed by atoms with Crippen molar-refractivity contribution in [3.8, 4) is 0 Å². The topological polar surface area (TPSA) is 17.8 Å². The molecule has 0 saturated heterocycles. The zero-order valence-corrected chi connectivity index (χ0v) is 9.08. The van der Waals surface area contributed by atoms with Gasteiger partial charge in [0, 0.05) is 24.3 Å². The van der Waals surface area contributed by atoms with E-state index < -0.39 is 0 Å². The molecule has 2 heterocycles. The molecule has 3 heteroatoms. The molecule has 2 rings (SSSR count). The number of imidazole rings is 1. The second kappa shape index (κ2) is 3.80. The highest BCUT2D eigenvalue weighted by molar-refractivity contribution is 7.11. The summed E-state index contributed by atoms with van der Waals surface area (Å²) in [6, 6.07) is 2.13. The van der Waals surface area contributed by atoms with Crippen LogP contribution >= 0.6 is 11.3 Å². The van der Waals surface area contributed by atoms with Crippen LogP contribution in [-0.2, 0) is 7.05 Å². The van der Waals surface area contributed by atoms with E-state index in [1.54, 1.807) is 17.5 Å². The van der Waals surface area contributed by atoms with Gasteiger partial charge in [-0.05, 0) is 36.1 Å². The van der Waals surface area contributed by atoms with Crippen molar-refractivity contribution in [1.29, 1.82) is 0 Å². The number of nitrogens with zero attached hydrogens (tertiary/aromatic N) is 2. The first-order valence-corrected chi connectivity index (χ1v) is 5.35. The van der Waals surface area contributed by atoms with E-state index >= 15 is 0 Å². The van der Waals surface area contributed by atoms with Gasteiger partial charge in [-0.2, -0.15) is 0 Å². The quantitative estimate of drug-likeness (QED) is 0.735. The molecule has 0 aliphatic rings. The average Bonchev–Trinajstić information content (AvgIpc) is 2.72. The van der Waals surface area contributed by atoms with Gasteiger partial charge in [-0.1, -0.05) is 0 Å². The molecule has 0 fully saturated rings. The molecule has 2 aromatic rings. The summed E-state index contributed by atoms with van der Waals surface area (Å²) in [7, 11) is 1.99. The third-order valence-electron chi connectivity index (χ3n) is 2.14. The molecule has 2 nitrogen and oxygen atoms in total. The molecule has 0 aliphatic heterocycles. The Kier molecular flexibility index (Phi) is 2.50. The lowest BCUT2D eigenvalue weighted by Gasteiger charge is -1.93. The van der Waals surface area contributed by atoms with Crippen molar-refractivity contribution in [3.05, 3.63) is 40.1 Å². The molecule has 0 unspecified atom stereocenters. The van der Waals surface area contributed by atoms with E-state index in [1.807, 2.05) is 23.9 Å². The normalized spacial score (nSPS) is 11.3. The molecule has 14 heavy (non-hydrogen) atoms. The minimum absolute atomic E-state index is 0.984. The first-order valence-electron chi connectivity index (χ1n) is 4.47. The Labute approximate surface area is 87.5 Å². The van der Waals surface area contributed by atoms with Gasteiger partial charge in [0.25, 0.3) is 0 Å². The molecule has 0 spiro atoms. The van der Waals surface area contributed by atoms with Crippen LogP contribution in [0.25, 0.3) is 12.2 Å². The fraction of sp³-hybridized carbons (Fsp3) is 0.182. The van der Waals surface area contributed by atoms with Crippen LogP contribution in [0, 0.1) is 6.92 Å². The molecule has 0 amide bonds. The Morgan fingerprint density at radius 2 is 2.29 bits per heavy atom. The van der Waals surface area contributed by atoms with Crippen LogP contribution in [0.5, 0.6) is 0 Å². The summed E-state index contributed by atoms with van der Waals surface area (Å²) in [6.07, 6.45) is 7.91. The van der Waals surface area contributed by atoms with Crippen molar-refractivity contribution in [1.82, 2.24) is 9.55 Å². The van der Waals surface area contributed by atoms with Crippen LogP contribution in [0.4, 0.5) is 0 Å². The van der Waals surface area contributed by atoms with E-state index in [4.69, 9.17) is 0 Å². The Hall–Kier alpha value is -1.35. The van der Waals surface area contributed by atoms with Gasteiger partial charge in [-0.25, -0.2) is 4.98 Å². The lowest BCUT2D eigenvalue weighted by atomic mass is 10.3. The Morgan fingerprint density at radius 3 is 2.86 bits per heavy atom. The number of thiophene rings is 1. The fourth-order valence-electron chi connectivity index (χ4n) is 1.24. The molecule has 0 atom stereocenters. The zero-order chi connectivity index (χ0) is 9.97. The highest BCUT2D eigenvalue weighted by atomic mass is 32.1. The van der Waals surface area contributed by atoms with E-state index in [2.05, 4.69) is 29.4 Å². The third kappa shape index (κ3) is 1.77. The van der Waals surface area contributed by atoms with Crippen molar-refractivity contribution in [2.24, 2.45) is 7.05 Å². The molecule has 0 bridgehead atoms. The number of rotatable bonds is 2. The fourth-order valence-corrected chi connectivity index (χ4v) is 2.06. The van der Waals surface area contributed by atoms with Crippen LogP contribution in [0.1, 0.15) is 16.3 Å². The number of hydrogen-bond acceptors (Lipinski definition) is 2. The second-order valence-electron chi connectivity index (χ2n) is 3.20. The molecule has 0 aromatic carbocycles. The van der Waals surface area contributed by atoms with Crippen LogP contribution in [0.3, 0.4) is 0 Å². The van der Waals surface area contributed by atoms with Gasteiger partial charge in [-0.15, -0.1) is 11.3 Å². The molecule has 0 saturated carbocycles. The zero-order valence-electron chi connectivity index (χ0n) is 8.27. The first kappa shape index (κ1) is 9.21. The number of aromatic nitrogens is 2. The van der Waals surface area contributed by atoms with E-state index in [0.717, 1.165) is 5.82 Å². The maximum atomic E-state index is 4.23. The highest BCUT2D eigenvalue weighted by Crippen LogP contribution is 2.18. The average molecular weight is 204 g/mol. The van der Waals surface area contributed by atoms with Gasteiger partial charge < -0.3 is 4.57 Å². The van der Waals surface area contributed by atoms with Gasteiger partial charge in [0.1, 0.15) is 5.82 Å². The minimum Gasteiger partial charge on any atom is -0.335 e. The van der Waals surface area contributed by atoms with Gasteiger partial charge in [0.15, 0.2) is 0 Å².